The molecule has 3 aromatic rings. The number of fused-ring (bicyclic) bond motifs is 1. The van der Waals surface area contributed by atoms with Gasteiger partial charge < -0.3 is 19.6 Å². The molecule has 7 heteroatoms. The van der Waals surface area contributed by atoms with Crippen LogP contribution in [0.5, 0.6) is 11.5 Å². The molecular weight excluding hydrogens is 481 g/mol. The first kappa shape index (κ1) is 25.8. The molecule has 1 fully saturated rings. The average molecular weight is 516 g/mol. The number of aromatic hydroxyl groups is 1. The van der Waals surface area contributed by atoms with Crippen molar-refractivity contribution in [1.29, 1.82) is 0 Å². The molecule has 198 valence electrons. The number of phenols is 1. The van der Waals surface area contributed by atoms with Crippen molar-refractivity contribution in [3.05, 3.63) is 88.4 Å². The number of rotatable bonds is 7. The van der Waals surface area contributed by atoms with Gasteiger partial charge in [-0.15, -0.1) is 0 Å². The molecule has 0 amide bonds. The summed E-state index contributed by atoms with van der Waals surface area (Å²) in [7, 11) is 0. The van der Waals surface area contributed by atoms with E-state index in [2.05, 4.69) is 40.7 Å². The van der Waals surface area contributed by atoms with Crippen molar-refractivity contribution < 1.29 is 19.0 Å². The molecule has 2 aliphatic heterocycles. The molecular formula is C31H34FN3O3. The maximum atomic E-state index is 13.3. The van der Waals surface area contributed by atoms with Crippen LogP contribution in [0, 0.1) is 12.7 Å². The number of ketones is 1. The lowest BCUT2D eigenvalue weighted by molar-refractivity contribution is 0.101. The fourth-order valence-electron chi connectivity index (χ4n) is 5.29. The van der Waals surface area contributed by atoms with E-state index in [1.54, 1.807) is 24.3 Å². The number of carbonyl (C=O) groups is 1. The van der Waals surface area contributed by atoms with Crippen LogP contribution in [-0.2, 0) is 6.54 Å². The van der Waals surface area contributed by atoms with E-state index in [1.807, 2.05) is 19.1 Å². The van der Waals surface area contributed by atoms with Crippen molar-refractivity contribution in [1.82, 2.24) is 4.90 Å². The van der Waals surface area contributed by atoms with Gasteiger partial charge in [0.1, 0.15) is 17.3 Å². The van der Waals surface area contributed by atoms with Crippen LogP contribution in [-0.4, -0.2) is 55.1 Å². The van der Waals surface area contributed by atoms with Crippen LogP contribution in [0.2, 0.25) is 0 Å². The molecule has 0 spiro atoms. The van der Waals surface area contributed by atoms with Crippen molar-refractivity contribution in [2.45, 2.75) is 27.3 Å². The summed E-state index contributed by atoms with van der Waals surface area (Å²) < 4.78 is 19.4. The Morgan fingerprint density at radius 1 is 1.00 bits per heavy atom. The van der Waals surface area contributed by atoms with Gasteiger partial charge in [0, 0.05) is 57.2 Å². The lowest BCUT2D eigenvalue weighted by Gasteiger charge is -2.36. The summed E-state index contributed by atoms with van der Waals surface area (Å²) in [5, 5.41) is 10.8. The minimum absolute atomic E-state index is 0.139. The van der Waals surface area contributed by atoms with Gasteiger partial charge in [0.15, 0.2) is 5.76 Å². The number of ether oxygens (including phenoxy) is 1. The fraction of sp³-hybridized carbons (Fsp3) is 0.323. The maximum absolute atomic E-state index is 13.3. The molecule has 0 atom stereocenters. The molecule has 0 radical (unpaired) electrons. The lowest BCUT2D eigenvalue weighted by Crippen LogP contribution is -2.46. The summed E-state index contributed by atoms with van der Waals surface area (Å²) in [4.78, 5) is 20.1. The number of hydrogen-bond acceptors (Lipinski definition) is 6. The van der Waals surface area contributed by atoms with Gasteiger partial charge >= 0.3 is 0 Å². The molecule has 2 heterocycles. The van der Waals surface area contributed by atoms with Crippen LogP contribution in [0.4, 0.5) is 15.8 Å². The second-order valence-corrected chi connectivity index (χ2v) is 9.84. The molecule has 1 saturated heterocycles. The average Bonchev–Trinajstić information content (AvgIpc) is 3.25. The Balaban J connectivity index is 1.33. The molecule has 1 N–H and O–H groups in total. The second kappa shape index (κ2) is 10.9. The summed E-state index contributed by atoms with van der Waals surface area (Å²) in [6.07, 6.45) is 1.77. The van der Waals surface area contributed by atoms with Gasteiger partial charge in [-0.1, -0.05) is 12.1 Å². The van der Waals surface area contributed by atoms with Crippen LogP contribution < -0.4 is 14.5 Å². The van der Waals surface area contributed by atoms with Crippen LogP contribution in [0.25, 0.3) is 6.08 Å². The van der Waals surface area contributed by atoms with Crippen molar-refractivity contribution in [2.24, 2.45) is 0 Å². The Morgan fingerprint density at radius 3 is 2.29 bits per heavy atom. The third-order valence-corrected chi connectivity index (χ3v) is 7.49. The smallest absolute Gasteiger partial charge is 0.232 e. The Kier molecular flexibility index (Phi) is 7.38. The largest absolute Gasteiger partial charge is 0.507 e. The topological polar surface area (TPSA) is 56.3 Å². The number of benzene rings is 3. The molecule has 0 aromatic heterocycles. The van der Waals surface area contributed by atoms with Gasteiger partial charge in [0.25, 0.3) is 0 Å². The molecule has 38 heavy (non-hydrogen) atoms. The van der Waals surface area contributed by atoms with E-state index in [0.717, 1.165) is 56.2 Å². The zero-order chi connectivity index (χ0) is 26.8. The van der Waals surface area contributed by atoms with Gasteiger partial charge in [-0.3, -0.25) is 9.69 Å². The summed E-state index contributed by atoms with van der Waals surface area (Å²) in [5.41, 5.74) is 4.88. The number of hydrogen-bond donors (Lipinski definition) is 1. The highest BCUT2D eigenvalue weighted by atomic mass is 19.1. The van der Waals surface area contributed by atoms with Gasteiger partial charge in [0.2, 0.25) is 5.78 Å². The zero-order valence-electron chi connectivity index (χ0n) is 22.2. The second-order valence-electron chi connectivity index (χ2n) is 9.84. The summed E-state index contributed by atoms with van der Waals surface area (Å²) in [5.74, 6) is 0.467. The summed E-state index contributed by atoms with van der Waals surface area (Å²) in [6.45, 7) is 11.5. The Labute approximate surface area is 223 Å². The molecule has 3 aromatic carbocycles. The Hall–Kier alpha value is -3.84. The van der Waals surface area contributed by atoms with Crippen molar-refractivity contribution >= 4 is 23.2 Å². The minimum Gasteiger partial charge on any atom is -0.507 e. The first-order chi connectivity index (χ1) is 18.4. The van der Waals surface area contributed by atoms with E-state index in [9.17, 15) is 14.3 Å². The first-order valence-corrected chi connectivity index (χ1v) is 13.3. The highest BCUT2D eigenvalue weighted by Crippen LogP contribution is 2.42. The number of anilines is 2. The predicted molar refractivity (Wildman–Crippen MR) is 150 cm³/mol. The molecule has 2 aliphatic rings. The lowest BCUT2D eigenvalue weighted by atomic mass is 9.99. The molecule has 6 nitrogen and oxygen atoms in total. The van der Waals surface area contributed by atoms with Crippen molar-refractivity contribution in [3.63, 3.8) is 0 Å². The first-order valence-electron chi connectivity index (χ1n) is 13.3. The van der Waals surface area contributed by atoms with Crippen molar-refractivity contribution in [2.75, 3.05) is 49.1 Å². The Morgan fingerprint density at radius 2 is 1.66 bits per heavy atom. The highest BCUT2D eigenvalue weighted by Gasteiger charge is 2.34. The van der Waals surface area contributed by atoms with Gasteiger partial charge in [-0.2, -0.15) is 0 Å². The molecule has 0 bridgehead atoms. The van der Waals surface area contributed by atoms with Crippen molar-refractivity contribution in [3.8, 4) is 11.5 Å². The number of Topliss-reactive ketones (excluding diaryl/α,β-unsaturated/α-hetero) is 1. The number of piperazine rings is 1. The number of carbonyl (C=O) groups excluding carboxylic acids is 1. The monoisotopic (exact) mass is 515 g/mol. The third-order valence-electron chi connectivity index (χ3n) is 7.49. The van der Waals surface area contributed by atoms with Gasteiger partial charge in [-0.05, 0) is 80.4 Å². The number of allylic oxidation sites excluding steroid dienone is 1. The maximum Gasteiger partial charge on any atom is 0.232 e. The zero-order valence-corrected chi connectivity index (χ0v) is 22.2. The number of nitrogens with zero attached hydrogens (tertiary/aromatic N) is 3. The quantitative estimate of drug-likeness (QED) is 0.412. The van der Waals surface area contributed by atoms with Crippen LogP contribution >= 0.6 is 0 Å². The Bertz CT molecular complexity index is 1340. The number of aryl methyl sites for hydroxylation is 1. The minimum atomic E-state index is -0.240. The fourth-order valence-corrected chi connectivity index (χ4v) is 5.29. The van der Waals surface area contributed by atoms with Crippen LogP contribution in [0.3, 0.4) is 0 Å². The van der Waals surface area contributed by atoms with E-state index in [-0.39, 0.29) is 23.1 Å². The summed E-state index contributed by atoms with van der Waals surface area (Å²) >= 11 is 0. The summed E-state index contributed by atoms with van der Waals surface area (Å²) in [6, 6.07) is 16.3. The number of halogens is 1. The van der Waals surface area contributed by atoms with E-state index in [1.165, 1.54) is 12.1 Å². The standard InChI is InChI=1S/C31H34FN3O3/c1-4-34(5-2)24-10-6-22(7-11-24)19-28-30(37)29-21(3)18-27(36)26(31(29)38-28)20-33-14-16-35(17-15-33)25-12-8-23(32)9-13-25/h6-13,18-19,36H,4-5,14-17,20H2,1-3H3/b28-19+. The molecule has 0 saturated carbocycles. The van der Waals surface area contributed by atoms with E-state index in [0.29, 0.717) is 29.0 Å². The van der Waals surface area contributed by atoms with E-state index in [4.69, 9.17) is 4.74 Å². The van der Waals surface area contributed by atoms with Gasteiger partial charge in [-0.25, -0.2) is 4.39 Å². The van der Waals surface area contributed by atoms with E-state index < -0.39 is 0 Å². The van der Waals surface area contributed by atoms with Crippen LogP contribution in [0.15, 0.2) is 60.4 Å². The van der Waals surface area contributed by atoms with Crippen LogP contribution in [0.1, 0.15) is 40.9 Å². The van der Waals surface area contributed by atoms with Gasteiger partial charge in [0.05, 0.1) is 11.1 Å². The molecule has 5 rings (SSSR count). The van der Waals surface area contributed by atoms with E-state index >= 15 is 0 Å². The SMILES string of the molecule is CCN(CC)c1ccc(/C=C2/Oc3c(CN4CCN(c5ccc(F)cc5)CC4)c(O)cc(C)c3C2=O)cc1. The molecule has 0 unspecified atom stereocenters. The highest BCUT2D eigenvalue weighted by molar-refractivity contribution is 6.15. The third kappa shape index (κ3) is 5.11. The molecule has 0 aliphatic carbocycles. The number of phenolic OH excluding ortho intramolecular Hbond substituents is 1. The normalized spacial score (nSPS) is 16.6. The predicted octanol–water partition coefficient (Wildman–Crippen LogP) is 5.62.